The predicted molar refractivity (Wildman–Crippen MR) is 118 cm³/mol. The minimum atomic E-state index is -3.81. The van der Waals surface area contributed by atoms with E-state index in [2.05, 4.69) is 9.82 Å². The summed E-state index contributed by atoms with van der Waals surface area (Å²) in [4.78, 5) is 13.3. The quantitative estimate of drug-likeness (QED) is 0.548. The maximum absolute atomic E-state index is 12.9. The predicted octanol–water partition coefficient (Wildman–Crippen LogP) is 2.56. The van der Waals surface area contributed by atoms with Crippen molar-refractivity contribution in [1.82, 2.24) is 10.4 Å². The number of rotatable bonds is 4. The summed E-state index contributed by atoms with van der Waals surface area (Å²) in [5.74, 6) is 0.739. The number of hydrogen-bond donors (Lipinski definition) is 1. The molecule has 11 heteroatoms. The highest BCUT2D eigenvalue weighted by Gasteiger charge is 2.36. The smallest absolute Gasteiger partial charge is 0.285 e. The van der Waals surface area contributed by atoms with Crippen molar-refractivity contribution in [3.63, 3.8) is 0 Å². The van der Waals surface area contributed by atoms with Crippen molar-refractivity contribution >= 4 is 56.1 Å². The third-order valence-corrected chi connectivity index (χ3v) is 6.99. The Bertz CT molecular complexity index is 1240. The molecule has 2 heterocycles. The highest BCUT2D eigenvalue weighted by molar-refractivity contribution is 8.26. The number of nitrogens with one attached hydrogen (secondary N) is 1. The van der Waals surface area contributed by atoms with E-state index in [0.717, 1.165) is 22.3 Å². The molecule has 0 atom stereocenters. The van der Waals surface area contributed by atoms with Crippen LogP contribution >= 0.6 is 24.0 Å². The third-order valence-electron chi connectivity index (χ3n) is 4.35. The number of nitrogens with zero attached hydrogens (tertiary/aromatic N) is 2. The molecule has 2 aliphatic heterocycles. The van der Waals surface area contributed by atoms with Crippen molar-refractivity contribution in [2.24, 2.45) is 4.40 Å². The molecule has 1 fully saturated rings. The van der Waals surface area contributed by atoms with Crippen LogP contribution in [0.2, 0.25) is 0 Å². The van der Waals surface area contributed by atoms with Gasteiger partial charge in [0.05, 0.1) is 19.1 Å². The Hall–Kier alpha value is -2.89. The van der Waals surface area contributed by atoms with Gasteiger partial charge in [-0.2, -0.15) is 13.4 Å². The zero-order valence-corrected chi connectivity index (χ0v) is 18.2. The molecule has 0 radical (unpaired) electrons. The van der Waals surface area contributed by atoms with Crippen molar-refractivity contribution in [3.05, 3.63) is 58.5 Å². The number of thioether (sulfide) groups is 1. The summed E-state index contributed by atoms with van der Waals surface area (Å²) in [5.41, 5.74) is 3.86. The number of carbonyl (C=O) groups is 1. The number of hydrogen-bond acceptors (Lipinski definition) is 8. The Kier molecular flexibility index (Phi) is 5.26. The molecule has 0 unspecified atom stereocenters. The molecule has 0 aromatic heterocycles. The number of hydrazine groups is 1. The number of fused-ring (bicyclic) bond motifs is 1. The molecule has 0 bridgehead atoms. The molecule has 8 nitrogen and oxygen atoms in total. The average molecular weight is 462 g/mol. The van der Waals surface area contributed by atoms with E-state index in [1.54, 1.807) is 49.6 Å². The van der Waals surface area contributed by atoms with Crippen LogP contribution in [-0.2, 0) is 14.8 Å². The number of sulfonamides is 1. The fraction of sp³-hybridized carbons (Fsp3) is 0.105. The lowest BCUT2D eigenvalue weighted by Crippen LogP contribution is -2.44. The molecule has 0 aliphatic carbocycles. The number of amidine groups is 1. The van der Waals surface area contributed by atoms with Gasteiger partial charge in [-0.15, -0.1) is 4.40 Å². The van der Waals surface area contributed by atoms with Gasteiger partial charge in [0, 0.05) is 5.56 Å². The normalized spacial score (nSPS) is 18.4. The van der Waals surface area contributed by atoms with Gasteiger partial charge in [-0.1, -0.05) is 30.0 Å². The van der Waals surface area contributed by atoms with E-state index in [-0.39, 0.29) is 15.1 Å². The second-order valence-electron chi connectivity index (χ2n) is 6.15. The lowest BCUT2D eigenvalue weighted by molar-refractivity contribution is -0.123. The van der Waals surface area contributed by atoms with E-state index < -0.39 is 15.9 Å². The molecule has 1 N–H and O–H groups in total. The lowest BCUT2D eigenvalue weighted by Gasteiger charge is -2.16. The molecule has 2 aromatic rings. The van der Waals surface area contributed by atoms with Crippen LogP contribution in [0.3, 0.4) is 0 Å². The van der Waals surface area contributed by atoms with Crippen molar-refractivity contribution in [1.29, 1.82) is 0 Å². The van der Waals surface area contributed by atoms with Gasteiger partial charge in [0.1, 0.15) is 4.90 Å². The van der Waals surface area contributed by atoms with Crippen molar-refractivity contribution in [2.45, 2.75) is 4.90 Å². The molecule has 154 valence electrons. The number of thiocarbonyl (C=S) groups is 1. The number of benzene rings is 2. The maximum atomic E-state index is 12.9. The van der Waals surface area contributed by atoms with Gasteiger partial charge in [-0.3, -0.25) is 10.2 Å². The van der Waals surface area contributed by atoms with Crippen LogP contribution in [-0.4, -0.2) is 43.7 Å². The Morgan fingerprint density at radius 2 is 1.87 bits per heavy atom. The van der Waals surface area contributed by atoms with Gasteiger partial charge < -0.3 is 9.47 Å². The Balaban J connectivity index is 1.61. The first-order valence-corrected chi connectivity index (χ1v) is 11.2. The molecular formula is C19H15N3O5S3. The van der Waals surface area contributed by atoms with Crippen LogP contribution in [0.4, 0.5) is 0 Å². The molecule has 30 heavy (non-hydrogen) atoms. The van der Waals surface area contributed by atoms with Crippen LogP contribution in [0.5, 0.6) is 11.5 Å². The van der Waals surface area contributed by atoms with Gasteiger partial charge in [0.15, 0.2) is 21.7 Å². The number of ether oxygens (including phenoxy) is 2. The molecule has 2 aromatic carbocycles. The second-order valence-corrected chi connectivity index (χ2v) is 9.40. The highest BCUT2D eigenvalue weighted by atomic mass is 32.2. The van der Waals surface area contributed by atoms with Crippen LogP contribution in [0.15, 0.2) is 56.7 Å². The molecule has 0 spiro atoms. The van der Waals surface area contributed by atoms with E-state index in [4.69, 9.17) is 21.7 Å². The molecule has 2 aliphatic rings. The van der Waals surface area contributed by atoms with Crippen molar-refractivity contribution < 1.29 is 22.7 Å². The molecule has 4 rings (SSSR count). The van der Waals surface area contributed by atoms with E-state index >= 15 is 0 Å². The van der Waals surface area contributed by atoms with E-state index in [9.17, 15) is 13.2 Å². The van der Waals surface area contributed by atoms with Crippen LogP contribution in [0.1, 0.15) is 11.1 Å². The molecular weight excluding hydrogens is 446 g/mol. The van der Waals surface area contributed by atoms with Crippen molar-refractivity contribution in [2.75, 3.05) is 14.2 Å². The second kappa shape index (κ2) is 7.74. The fourth-order valence-electron chi connectivity index (χ4n) is 2.95. The standard InChI is InChI=1S/C19H15N3O5S3/c1-26-13-8-7-11(9-14(13)27-2)10-15-18(23)22(19(28)29-15)20-17-12-5-3-4-6-16(12)30(24,25)21-17/h3-10H,1-2H3,(H,20,21)/b15-10-. The third kappa shape index (κ3) is 3.55. The summed E-state index contributed by atoms with van der Waals surface area (Å²) in [6.45, 7) is 0. The van der Waals surface area contributed by atoms with E-state index in [0.29, 0.717) is 22.0 Å². The summed E-state index contributed by atoms with van der Waals surface area (Å²) in [6.07, 6.45) is 1.67. The van der Waals surface area contributed by atoms with Gasteiger partial charge in [-0.25, -0.2) is 0 Å². The zero-order valence-electron chi connectivity index (χ0n) is 15.8. The fourth-order valence-corrected chi connectivity index (χ4v) is 5.30. The minimum Gasteiger partial charge on any atom is -0.493 e. The Labute approximate surface area is 182 Å². The summed E-state index contributed by atoms with van der Waals surface area (Å²) in [7, 11) is -0.744. The highest BCUT2D eigenvalue weighted by Crippen LogP contribution is 2.34. The largest absolute Gasteiger partial charge is 0.493 e. The summed E-state index contributed by atoms with van der Waals surface area (Å²) < 4.78 is 38.9. The monoisotopic (exact) mass is 461 g/mol. The number of amides is 1. The van der Waals surface area contributed by atoms with Crippen LogP contribution in [0, 0.1) is 0 Å². The number of carbonyl (C=O) groups excluding carboxylic acids is 1. The summed E-state index contributed by atoms with van der Waals surface area (Å²) >= 11 is 6.40. The topological polar surface area (TPSA) is 97.3 Å². The van der Waals surface area contributed by atoms with Gasteiger partial charge in [0.25, 0.3) is 15.9 Å². The first kappa shape index (κ1) is 20.4. The van der Waals surface area contributed by atoms with Crippen LogP contribution < -0.4 is 14.9 Å². The lowest BCUT2D eigenvalue weighted by atomic mass is 10.2. The first-order chi connectivity index (χ1) is 14.3. The average Bonchev–Trinajstić information content (AvgIpc) is 3.15. The van der Waals surface area contributed by atoms with E-state index in [1.165, 1.54) is 13.2 Å². The number of methoxy groups -OCH3 is 2. The Morgan fingerprint density at radius 1 is 1.13 bits per heavy atom. The summed E-state index contributed by atoms with van der Waals surface area (Å²) in [5, 5.41) is 1.11. The van der Waals surface area contributed by atoms with Crippen molar-refractivity contribution in [3.8, 4) is 11.5 Å². The maximum Gasteiger partial charge on any atom is 0.285 e. The van der Waals surface area contributed by atoms with Gasteiger partial charge in [0.2, 0.25) is 0 Å². The van der Waals surface area contributed by atoms with Gasteiger partial charge in [-0.05, 0) is 48.1 Å². The SMILES string of the molecule is COc1ccc(/C=C2\SC(=S)N(NC3=NS(=O)(=O)c4ccccc43)C2=O)cc1OC. The zero-order chi connectivity index (χ0) is 21.5. The first-order valence-electron chi connectivity index (χ1n) is 8.55. The minimum absolute atomic E-state index is 0.0502. The summed E-state index contributed by atoms with van der Waals surface area (Å²) in [6, 6.07) is 11.6. The molecule has 1 saturated heterocycles. The molecule has 1 amide bonds. The molecule has 0 saturated carbocycles. The van der Waals surface area contributed by atoms with Crippen LogP contribution in [0.25, 0.3) is 6.08 Å². The van der Waals surface area contributed by atoms with E-state index in [1.807, 2.05) is 0 Å². The Morgan fingerprint density at radius 3 is 2.60 bits per heavy atom. The van der Waals surface area contributed by atoms with Gasteiger partial charge >= 0.3 is 0 Å².